The molecule has 0 heterocycles. The summed E-state index contributed by atoms with van der Waals surface area (Å²) in [5.41, 5.74) is 0. The Kier molecular flexibility index (Phi) is 61.8. The molecule has 0 radical (unpaired) electrons. The van der Waals surface area contributed by atoms with Gasteiger partial charge in [-0.05, 0) is 96.3 Å². The van der Waals surface area contributed by atoms with Crippen LogP contribution < -0.4 is 0 Å². The number of hydrogen-bond acceptors (Lipinski definition) is 6. The Morgan fingerprint density at radius 2 is 0.506 bits per heavy atom. The third kappa shape index (κ3) is 63.0. The first kappa shape index (κ1) is 73.3. The van der Waals surface area contributed by atoms with Gasteiger partial charge in [0.25, 0.3) is 0 Å². The summed E-state index contributed by atoms with van der Waals surface area (Å²) in [6.45, 7) is 6.39. The van der Waals surface area contributed by atoms with Gasteiger partial charge in [0.05, 0.1) is 0 Å². The van der Waals surface area contributed by atoms with Crippen molar-refractivity contribution in [2.45, 2.75) is 322 Å². The fourth-order valence-corrected chi connectivity index (χ4v) is 9.25. The van der Waals surface area contributed by atoms with Crippen molar-refractivity contribution in [2.75, 3.05) is 13.2 Å². The van der Waals surface area contributed by atoms with Crippen molar-refractivity contribution < 1.29 is 28.6 Å². The van der Waals surface area contributed by atoms with Gasteiger partial charge >= 0.3 is 17.9 Å². The van der Waals surface area contributed by atoms with Gasteiger partial charge in [-0.15, -0.1) is 0 Å². The Labute approximate surface area is 477 Å². The van der Waals surface area contributed by atoms with Crippen molar-refractivity contribution in [1.82, 2.24) is 0 Å². The molecule has 6 nitrogen and oxygen atoms in total. The lowest BCUT2D eigenvalue weighted by atomic mass is 10.0. The molecule has 0 aromatic rings. The molecule has 0 saturated heterocycles. The predicted octanol–water partition coefficient (Wildman–Crippen LogP) is 22.4. The molecule has 0 aliphatic carbocycles. The van der Waals surface area contributed by atoms with Gasteiger partial charge in [-0.3, -0.25) is 14.4 Å². The average molecular weight is 1070 g/mol. The summed E-state index contributed by atoms with van der Waals surface area (Å²) in [5.74, 6) is -0.880. The van der Waals surface area contributed by atoms with Crippen molar-refractivity contribution in [1.29, 1.82) is 0 Å². The summed E-state index contributed by atoms with van der Waals surface area (Å²) in [6.07, 6.45) is 87.4. The maximum atomic E-state index is 12.9. The van der Waals surface area contributed by atoms with Gasteiger partial charge in [0, 0.05) is 19.3 Å². The molecule has 77 heavy (non-hydrogen) atoms. The largest absolute Gasteiger partial charge is 0.462 e. The number of rotatable bonds is 59. The maximum absolute atomic E-state index is 12.9. The molecule has 0 N–H and O–H groups in total. The van der Waals surface area contributed by atoms with E-state index in [1.165, 1.54) is 161 Å². The van der Waals surface area contributed by atoms with Crippen LogP contribution in [0.15, 0.2) is 97.2 Å². The number of carbonyl (C=O) groups excluding carboxylic acids is 3. The summed E-state index contributed by atoms with van der Waals surface area (Å²) in [5, 5.41) is 0. The first-order chi connectivity index (χ1) is 38.0. The standard InChI is InChI=1S/C71H122O6/c1-4-7-10-13-16-18-20-22-24-26-28-30-31-32-33-34-35-36-37-38-39-41-42-44-46-48-50-52-55-58-61-64-70(73)76-67-68(66-75-69(72)63-60-57-54-15-12-9-6-3)77-71(74)65-62-59-56-53-51-49-47-45-43-40-29-27-25-23-21-19-17-14-11-8-5-2/h7-8,10-11,16-19,22-25,28-30,40,68H,4-6,9,12-15,20-21,26-27,31-39,41-67H2,1-3H3/b10-7-,11-8-,18-16-,19-17-,24-22-,25-23-,30-28-,40-29-. The van der Waals surface area contributed by atoms with E-state index in [9.17, 15) is 14.4 Å². The lowest BCUT2D eigenvalue weighted by Gasteiger charge is -2.18. The van der Waals surface area contributed by atoms with Gasteiger partial charge in [0.15, 0.2) is 6.10 Å². The van der Waals surface area contributed by atoms with E-state index < -0.39 is 6.10 Å². The molecule has 0 aliphatic heterocycles. The zero-order chi connectivity index (χ0) is 55.7. The smallest absolute Gasteiger partial charge is 0.306 e. The van der Waals surface area contributed by atoms with Crippen molar-refractivity contribution in [3.8, 4) is 0 Å². The summed E-state index contributed by atoms with van der Waals surface area (Å²) >= 11 is 0. The Morgan fingerprint density at radius 3 is 0.792 bits per heavy atom. The molecule has 0 bridgehead atoms. The van der Waals surface area contributed by atoms with E-state index in [1.54, 1.807) is 0 Å². The SMILES string of the molecule is CC/C=C\C/C=C\C/C=C\C/C=C\CCCCCCCCCCCCCCCCCCCCC(=O)OCC(COC(=O)CCCCCCCCC)OC(=O)CCCCCCCCCC/C=C\C/C=C\C/C=C\C/C=C\CC. The minimum atomic E-state index is -0.778. The molecule has 0 amide bonds. The van der Waals surface area contributed by atoms with Crippen molar-refractivity contribution in [2.24, 2.45) is 0 Å². The van der Waals surface area contributed by atoms with Gasteiger partial charge < -0.3 is 14.2 Å². The number of esters is 3. The van der Waals surface area contributed by atoms with E-state index in [0.29, 0.717) is 19.3 Å². The molecule has 0 fully saturated rings. The molecule has 0 aliphatic rings. The van der Waals surface area contributed by atoms with Gasteiger partial charge in [-0.1, -0.05) is 298 Å². The van der Waals surface area contributed by atoms with Gasteiger partial charge in [0.1, 0.15) is 13.2 Å². The molecule has 1 atom stereocenters. The van der Waals surface area contributed by atoms with Crippen LogP contribution in [0.25, 0.3) is 0 Å². The normalized spacial score (nSPS) is 12.7. The van der Waals surface area contributed by atoms with Crippen LogP contribution in [0.1, 0.15) is 316 Å². The van der Waals surface area contributed by atoms with Crippen molar-refractivity contribution >= 4 is 17.9 Å². The van der Waals surface area contributed by atoms with E-state index in [2.05, 4.69) is 118 Å². The molecular weight excluding hydrogens is 949 g/mol. The van der Waals surface area contributed by atoms with Crippen LogP contribution in [0.3, 0.4) is 0 Å². The minimum absolute atomic E-state index is 0.0772. The lowest BCUT2D eigenvalue weighted by Crippen LogP contribution is -2.30. The lowest BCUT2D eigenvalue weighted by molar-refractivity contribution is -0.167. The van der Waals surface area contributed by atoms with Crippen LogP contribution in [0.2, 0.25) is 0 Å². The topological polar surface area (TPSA) is 78.9 Å². The number of ether oxygens (including phenoxy) is 3. The Morgan fingerprint density at radius 1 is 0.273 bits per heavy atom. The second-order valence-corrected chi connectivity index (χ2v) is 21.6. The van der Waals surface area contributed by atoms with Crippen LogP contribution in [0.4, 0.5) is 0 Å². The van der Waals surface area contributed by atoms with Crippen molar-refractivity contribution in [3.05, 3.63) is 97.2 Å². The fourth-order valence-electron chi connectivity index (χ4n) is 9.25. The molecule has 0 aromatic carbocycles. The minimum Gasteiger partial charge on any atom is -0.462 e. The van der Waals surface area contributed by atoms with Gasteiger partial charge in [-0.2, -0.15) is 0 Å². The highest BCUT2D eigenvalue weighted by atomic mass is 16.6. The maximum Gasteiger partial charge on any atom is 0.306 e. The van der Waals surface area contributed by atoms with E-state index >= 15 is 0 Å². The van der Waals surface area contributed by atoms with Gasteiger partial charge in [0.2, 0.25) is 0 Å². The number of carbonyl (C=O) groups is 3. The van der Waals surface area contributed by atoms with E-state index in [4.69, 9.17) is 14.2 Å². The summed E-state index contributed by atoms with van der Waals surface area (Å²) in [7, 11) is 0. The van der Waals surface area contributed by atoms with Crippen molar-refractivity contribution in [3.63, 3.8) is 0 Å². The van der Waals surface area contributed by atoms with Crippen LogP contribution in [-0.2, 0) is 28.6 Å². The quantitative estimate of drug-likeness (QED) is 0.0261. The highest BCUT2D eigenvalue weighted by molar-refractivity contribution is 5.71. The third-order valence-corrected chi connectivity index (χ3v) is 14.1. The highest BCUT2D eigenvalue weighted by Gasteiger charge is 2.19. The number of allylic oxidation sites excluding steroid dienone is 16. The molecular formula is C71H122O6. The molecule has 0 rings (SSSR count). The first-order valence-electron chi connectivity index (χ1n) is 32.7. The Bertz CT molecular complexity index is 1510. The predicted molar refractivity (Wildman–Crippen MR) is 334 cm³/mol. The highest BCUT2D eigenvalue weighted by Crippen LogP contribution is 2.17. The van der Waals surface area contributed by atoms with Crippen LogP contribution in [0.5, 0.6) is 0 Å². The Hall–Kier alpha value is -3.67. The second-order valence-electron chi connectivity index (χ2n) is 21.6. The van der Waals surface area contributed by atoms with Crippen LogP contribution in [-0.4, -0.2) is 37.2 Å². The van der Waals surface area contributed by atoms with E-state index in [-0.39, 0.29) is 31.1 Å². The summed E-state index contributed by atoms with van der Waals surface area (Å²) in [6, 6.07) is 0. The molecule has 0 aromatic heterocycles. The first-order valence-corrected chi connectivity index (χ1v) is 32.7. The number of unbranched alkanes of at least 4 members (excludes halogenated alkanes) is 32. The van der Waals surface area contributed by atoms with E-state index in [1.807, 2.05) is 0 Å². The molecule has 1 unspecified atom stereocenters. The Balaban J connectivity index is 4.07. The average Bonchev–Trinajstić information content (AvgIpc) is 3.43. The summed E-state index contributed by atoms with van der Waals surface area (Å²) in [4.78, 5) is 38.1. The van der Waals surface area contributed by atoms with Crippen LogP contribution >= 0.6 is 0 Å². The number of hydrogen-bond donors (Lipinski definition) is 0. The molecule has 442 valence electrons. The molecule has 0 saturated carbocycles. The fraction of sp³-hybridized carbons (Fsp3) is 0.732. The van der Waals surface area contributed by atoms with E-state index in [0.717, 1.165) is 116 Å². The second kappa shape index (κ2) is 64.9. The summed E-state index contributed by atoms with van der Waals surface area (Å²) < 4.78 is 16.8. The molecule has 6 heteroatoms. The zero-order valence-electron chi connectivity index (χ0n) is 50.7. The van der Waals surface area contributed by atoms with Crippen LogP contribution in [0, 0.1) is 0 Å². The zero-order valence-corrected chi connectivity index (χ0v) is 50.7. The molecule has 0 spiro atoms. The third-order valence-electron chi connectivity index (χ3n) is 14.1. The van der Waals surface area contributed by atoms with Gasteiger partial charge in [-0.25, -0.2) is 0 Å². The monoisotopic (exact) mass is 1070 g/mol.